The lowest BCUT2D eigenvalue weighted by Gasteiger charge is -2.20. The Balaban J connectivity index is 2.40. The van der Waals surface area contributed by atoms with Crippen LogP contribution >= 0.6 is 15.6 Å². The van der Waals surface area contributed by atoms with Crippen LogP contribution in [-0.4, -0.2) is 82.6 Å². The van der Waals surface area contributed by atoms with E-state index in [0.29, 0.717) is 31.5 Å². The maximum atomic E-state index is 12.7. The molecule has 4 N–H and O–H groups in total. The Morgan fingerprint density at radius 1 is 0.623 bits per heavy atom. The van der Waals surface area contributed by atoms with Crippen LogP contribution in [0.4, 0.5) is 0 Å². The molecule has 352 valence electrons. The van der Waals surface area contributed by atoms with Gasteiger partial charge in [-0.2, -0.15) is 0 Å². The van der Waals surface area contributed by atoms with Crippen molar-refractivity contribution >= 4 is 27.6 Å². The second kappa shape index (κ2) is 36.2. The number of carbonyl (C=O) groups is 2. The number of phosphoric ester groups is 2. The van der Waals surface area contributed by atoms with Gasteiger partial charge in [-0.05, 0) is 57.3 Å². The highest BCUT2D eigenvalue weighted by molar-refractivity contribution is 7.47. The highest BCUT2D eigenvalue weighted by Gasteiger charge is 2.36. The molecule has 1 aliphatic rings. The summed E-state index contributed by atoms with van der Waals surface area (Å²) in [6, 6.07) is 0. The van der Waals surface area contributed by atoms with E-state index in [1.807, 2.05) is 18.2 Å². The SMILES string of the molecule is CC/C=C\CC1OC1C/C=C\C/C=C\C/C=C\C/C=C\CCC(=O)O[C@H](COC(=O)CCCCCCCCCCCCC(C)CC)COP(=O)(O)OC[C@@H](O)COP(=O)(O)O. The minimum atomic E-state index is -4.87. The number of carbonyl (C=O) groups excluding carboxylic acids is 2. The van der Waals surface area contributed by atoms with E-state index in [0.717, 1.165) is 57.3 Å². The van der Waals surface area contributed by atoms with E-state index >= 15 is 0 Å². The zero-order valence-corrected chi connectivity index (χ0v) is 38.9. The van der Waals surface area contributed by atoms with Gasteiger partial charge in [0.2, 0.25) is 0 Å². The molecule has 0 aromatic carbocycles. The average Bonchev–Trinajstić information content (AvgIpc) is 3.98. The highest BCUT2D eigenvalue weighted by Crippen LogP contribution is 2.44. The molecule has 14 nitrogen and oxygen atoms in total. The number of esters is 2. The van der Waals surface area contributed by atoms with Crippen LogP contribution in [0.1, 0.15) is 156 Å². The maximum Gasteiger partial charge on any atom is 0.472 e. The fraction of sp³-hybridized carbons (Fsp3) is 0.733. The zero-order valence-electron chi connectivity index (χ0n) is 37.1. The van der Waals surface area contributed by atoms with E-state index in [2.05, 4.69) is 72.4 Å². The third kappa shape index (κ3) is 36.9. The second-order valence-electron chi connectivity index (χ2n) is 15.6. The standard InChI is InChI=1S/C45H78O14P2/c1-4-6-25-31-42-43(59-42)32-27-22-18-14-9-7-8-10-16-20-24-29-34-45(48)58-41(38-57-61(52,53)56-36-40(46)35-55-60(49,50)51)37-54-44(47)33-28-23-19-15-12-11-13-17-21-26-30-39(3)5-2/h6,8-10,14,20,22,24-25,27,39-43,46H,4-5,7,11-13,15-19,21,23,26,28-38H2,1-3H3,(H,52,53)(H2,49,50,51)/b10-8-,14-9-,24-20-,25-6-,27-22-/t39?,40-,41+,42?,43?/m0/s1. The van der Waals surface area contributed by atoms with Crippen molar-refractivity contribution in [1.82, 2.24) is 0 Å². The van der Waals surface area contributed by atoms with Crippen LogP contribution in [0.2, 0.25) is 0 Å². The minimum absolute atomic E-state index is 0.00162. The van der Waals surface area contributed by atoms with Crippen molar-refractivity contribution in [3.8, 4) is 0 Å². The first-order valence-electron chi connectivity index (χ1n) is 22.5. The van der Waals surface area contributed by atoms with Crippen LogP contribution in [0.25, 0.3) is 0 Å². The molecule has 0 aromatic heterocycles. The Labute approximate surface area is 366 Å². The van der Waals surface area contributed by atoms with Crippen LogP contribution < -0.4 is 0 Å². The van der Waals surface area contributed by atoms with E-state index in [1.54, 1.807) is 0 Å². The summed E-state index contributed by atoms with van der Waals surface area (Å²) < 4.78 is 53.4. The van der Waals surface area contributed by atoms with Crippen LogP contribution in [0.3, 0.4) is 0 Å². The summed E-state index contributed by atoms with van der Waals surface area (Å²) in [4.78, 5) is 52.7. The molecule has 1 fully saturated rings. The number of aliphatic hydroxyl groups excluding tert-OH is 1. The Kier molecular flexibility index (Phi) is 33.7. The van der Waals surface area contributed by atoms with Crippen molar-refractivity contribution in [2.24, 2.45) is 5.92 Å². The molecule has 1 rings (SSSR count). The number of allylic oxidation sites excluding steroid dienone is 8. The molecule has 0 aliphatic carbocycles. The molecular weight excluding hydrogens is 826 g/mol. The van der Waals surface area contributed by atoms with Crippen molar-refractivity contribution in [1.29, 1.82) is 0 Å². The largest absolute Gasteiger partial charge is 0.472 e. The number of hydrogen-bond donors (Lipinski definition) is 4. The van der Waals surface area contributed by atoms with E-state index in [4.69, 9.17) is 28.5 Å². The molecule has 16 heteroatoms. The quantitative estimate of drug-likeness (QED) is 0.0148. The van der Waals surface area contributed by atoms with Gasteiger partial charge in [-0.25, -0.2) is 9.13 Å². The lowest BCUT2D eigenvalue weighted by atomic mass is 9.99. The first-order chi connectivity index (χ1) is 29.2. The van der Waals surface area contributed by atoms with Crippen LogP contribution in [0.5, 0.6) is 0 Å². The maximum absolute atomic E-state index is 12.7. The predicted molar refractivity (Wildman–Crippen MR) is 238 cm³/mol. The number of epoxide rings is 1. The number of unbranched alkanes of at least 4 members (excludes halogenated alkanes) is 9. The van der Waals surface area contributed by atoms with E-state index in [9.17, 15) is 28.7 Å². The number of rotatable bonds is 40. The average molecular weight is 905 g/mol. The molecule has 0 radical (unpaired) electrons. The molecule has 1 aliphatic heterocycles. The highest BCUT2D eigenvalue weighted by atomic mass is 31.2. The van der Waals surface area contributed by atoms with Crippen molar-refractivity contribution in [3.05, 3.63) is 60.8 Å². The lowest BCUT2D eigenvalue weighted by molar-refractivity contribution is -0.161. The monoisotopic (exact) mass is 904 g/mol. The van der Waals surface area contributed by atoms with Gasteiger partial charge in [0.05, 0.1) is 32.0 Å². The first-order valence-corrected chi connectivity index (χ1v) is 25.5. The third-order valence-corrected chi connectivity index (χ3v) is 11.3. The summed E-state index contributed by atoms with van der Waals surface area (Å²) in [6.07, 6.45) is 38.4. The smallest absolute Gasteiger partial charge is 0.462 e. The Morgan fingerprint density at radius 3 is 1.70 bits per heavy atom. The van der Waals surface area contributed by atoms with Gasteiger partial charge in [0.1, 0.15) is 12.7 Å². The number of ether oxygens (including phenoxy) is 3. The summed E-state index contributed by atoms with van der Waals surface area (Å²) in [6.45, 7) is 3.88. The van der Waals surface area contributed by atoms with Gasteiger partial charge in [0.15, 0.2) is 6.10 Å². The molecule has 1 saturated heterocycles. The topological polar surface area (TPSA) is 208 Å². The van der Waals surface area contributed by atoms with E-state index in [-0.39, 0.29) is 12.8 Å². The summed E-state index contributed by atoms with van der Waals surface area (Å²) in [5.41, 5.74) is 0. The van der Waals surface area contributed by atoms with Crippen molar-refractivity contribution in [2.45, 2.75) is 180 Å². The first kappa shape index (κ1) is 56.8. The number of hydrogen-bond acceptors (Lipinski definition) is 11. The van der Waals surface area contributed by atoms with Crippen LogP contribution in [0.15, 0.2) is 60.8 Å². The molecule has 6 atom stereocenters. The molecule has 0 spiro atoms. The van der Waals surface area contributed by atoms with Gasteiger partial charge in [-0.3, -0.25) is 23.2 Å². The summed E-state index contributed by atoms with van der Waals surface area (Å²) >= 11 is 0. The van der Waals surface area contributed by atoms with Crippen molar-refractivity contribution in [2.75, 3.05) is 26.4 Å². The van der Waals surface area contributed by atoms with Gasteiger partial charge < -0.3 is 34.0 Å². The van der Waals surface area contributed by atoms with Crippen LogP contribution in [0, 0.1) is 5.92 Å². The molecule has 0 saturated carbocycles. The summed E-state index contributed by atoms with van der Waals surface area (Å²) in [5, 5.41) is 9.75. The van der Waals surface area contributed by atoms with Gasteiger partial charge in [0, 0.05) is 12.8 Å². The minimum Gasteiger partial charge on any atom is -0.462 e. The number of phosphoric acid groups is 2. The van der Waals surface area contributed by atoms with Gasteiger partial charge >= 0.3 is 27.6 Å². The van der Waals surface area contributed by atoms with Crippen molar-refractivity contribution < 1.29 is 66.3 Å². The molecule has 61 heavy (non-hydrogen) atoms. The fourth-order valence-electron chi connectivity index (χ4n) is 5.98. The van der Waals surface area contributed by atoms with E-state index in [1.165, 1.54) is 51.4 Å². The zero-order chi connectivity index (χ0) is 45.0. The molecule has 1 heterocycles. The fourth-order valence-corrected chi connectivity index (χ4v) is 7.13. The van der Waals surface area contributed by atoms with Gasteiger partial charge in [-0.15, -0.1) is 0 Å². The molecule has 0 amide bonds. The molecule has 0 bridgehead atoms. The van der Waals surface area contributed by atoms with Gasteiger partial charge in [-0.1, -0.05) is 152 Å². The summed E-state index contributed by atoms with van der Waals surface area (Å²) in [5.74, 6) is -0.316. The molecule has 4 unspecified atom stereocenters. The van der Waals surface area contributed by atoms with Crippen LogP contribution in [-0.2, 0) is 46.5 Å². The lowest BCUT2D eigenvalue weighted by Crippen LogP contribution is -2.29. The Bertz CT molecular complexity index is 1390. The Hall–Kier alpha value is -2.22. The molecular formula is C45H78O14P2. The number of aliphatic hydroxyl groups is 1. The molecule has 0 aromatic rings. The predicted octanol–water partition coefficient (Wildman–Crippen LogP) is 10.5. The second-order valence-corrected chi connectivity index (χ2v) is 18.3. The normalized spacial score (nSPS) is 18.4. The van der Waals surface area contributed by atoms with Gasteiger partial charge in [0.25, 0.3) is 0 Å². The van der Waals surface area contributed by atoms with Crippen molar-refractivity contribution in [3.63, 3.8) is 0 Å². The Morgan fingerprint density at radius 2 is 1.13 bits per heavy atom. The third-order valence-electron chi connectivity index (χ3n) is 9.87. The summed E-state index contributed by atoms with van der Waals surface area (Å²) in [7, 11) is -9.71. The van der Waals surface area contributed by atoms with E-state index < -0.39 is 66.2 Å².